The maximum atomic E-state index is 13.7. The van der Waals surface area contributed by atoms with Gasteiger partial charge in [-0.1, -0.05) is 6.08 Å². The van der Waals surface area contributed by atoms with E-state index in [4.69, 9.17) is 4.74 Å². The van der Waals surface area contributed by atoms with Gasteiger partial charge in [-0.05, 0) is 50.0 Å². The van der Waals surface area contributed by atoms with Crippen molar-refractivity contribution >= 4 is 22.6 Å². The molecule has 0 saturated carbocycles. The third-order valence-electron chi connectivity index (χ3n) is 5.39. The average Bonchev–Trinajstić information content (AvgIpc) is 3.26. The molecule has 0 aliphatic heterocycles. The third kappa shape index (κ3) is 5.72. The summed E-state index contributed by atoms with van der Waals surface area (Å²) in [7, 11) is 5.20. The lowest BCUT2D eigenvalue weighted by atomic mass is 10.0. The number of carbonyl (C=O) groups excluding carboxylic acids is 1. The summed E-state index contributed by atoms with van der Waals surface area (Å²) in [5.74, 6) is -0.0527. The summed E-state index contributed by atoms with van der Waals surface area (Å²) in [5.41, 5.74) is 2.07. The van der Waals surface area contributed by atoms with Gasteiger partial charge in [0.05, 0.1) is 12.7 Å². The number of anilines is 1. The van der Waals surface area contributed by atoms with Gasteiger partial charge < -0.3 is 19.9 Å². The van der Waals surface area contributed by atoms with Crippen molar-refractivity contribution in [2.45, 2.75) is 6.18 Å². The fraction of sp³-hybridized carbons (Fsp3) is 0.192. The smallest absolute Gasteiger partial charge is 0.416 e. The van der Waals surface area contributed by atoms with E-state index in [9.17, 15) is 18.0 Å². The fourth-order valence-electron chi connectivity index (χ4n) is 3.65. The molecule has 0 spiro atoms. The van der Waals surface area contributed by atoms with Gasteiger partial charge in [0, 0.05) is 65.0 Å². The van der Waals surface area contributed by atoms with Crippen molar-refractivity contribution in [2.75, 3.05) is 33.1 Å². The second-order valence-corrected chi connectivity index (χ2v) is 8.36. The molecule has 7 nitrogen and oxygen atoms in total. The van der Waals surface area contributed by atoms with Crippen LogP contribution >= 0.6 is 0 Å². The van der Waals surface area contributed by atoms with E-state index in [2.05, 4.69) is 20.3 Å². The van der Waals surface area contributed by atoms with Gasteiger partial charge in [0.1, 0.15) is 5.65 Å². The number of ether oxygens (including phenoxy) is 1. The zero-order chi connectivity index (χ0) is 25.9. The Morgan fingerprint density at radius 1 is 1.08 bits per heavy atom. The lowest BCUT2D eigenvalue weighted by Gasteiger charge is -2.13. The van der Waals surface area contributed by atoms with E-state index in [0.717, 1.165) is 23.3 Å². The molecule has 186 valence electrons. The molecule has 0 aliphatic rings. The third-order valence-corrected chi connectivity index (χ3v) is 5.39. The highest BCUT2D eigenvalue weighted by atomic mass is 19.4. The van der Waals surface area contributed by atoms with E-state index in [1.807, 2.05) is 25.1 Å². The Bertz CT molecular complexity index is 1410. The molecule has 0 radical (unpaired) electrons. The molecule has 3 heterocycles. The normalized spacial score (nSPS) is 12.0. The summed E-state index contributed by atoms with van der Waals surface area (Å²) in [5, 5.41) is 3.24. The molecular weight excluding hydrogens is 471 g/mol. The fourth-order valence-corrected chi connectivity index (χ4v) is 3.65. The number of H-pyrrole nitrogens is 1. The predicted molar refractivity (Wildman–Crippen MR) is 133 cm³/mol. The van der Waals surface area contributed by atoms with Crippen LogP contribution in [0.25, 0.3) is 33.3 Å². The number of aromatic amines is 1. The number of amides is 1. The van der Waals surface area contributed by atoms with Gasteiger partial charge in [-0.15, -0.1) is 0 Å². The average molecular weight is 496 g/mol. The van der Waals surface area contributed by atoms with Crippen molar-refractivity contribution in [3.05, 3.63) is 72.7 Å². The summed E-state index contributed by atoms with van der Waals surface area (Å²) < 4.78 is 46.1. The molecule has 36 heavy (non-hydrogen) atoms. The van der Waals surface area contributed by atoms with E-state index in [1.54, 1.807) is 30.6 Å². The highest BCUT2D eigenvalue weighted by Gasteiger charge is 2.31. The van der Waals surface area contributed by atoms with E-state index < -0.39 is 17.6 Å². The summed E-state index contributed by atoms with van der Waals surface area (Å²) in [6.45, 7) is 0.523. The van der Waals surface area contributed by atoms with Crippen molar-refractivity contribution in [3.63, 3.8) is 0 Å². The highest BCUT2D eigenvalue weighted by molar-refractivity contribution is 6.00. The first kappa shape index (κ1) is 24.9. The Kier molecular flexibility index (Phi) is 7.07. The van der Waals surface area contributed by atoms with E-state index in [-0.39, 0.29) is 11.3 Å². The van der Waals surface area contributed by atoms with Crippen molar-refractivity contribution in [1.82, 2.24) is 19.9 Å². The quantitative estimate of drug-likeness (QED) is 0.337. The van der Waals surface area contributed by atoms with Gasteiger partial charge in [-0.2, -0.15) is 13.2 Å². The summed E-state index contributed by atoms with van der Waals surface area (Å²) >= 11 is 0. The van der Waals surface area contributed by atoms with Gasteiger partial charge in [-0.3, -0.25) is 4.79 Å². The minimum absolute atomic E-state index is 0.0353. The zero-order valence-corrected chi connectivity index (χ0v) is 19.8. The molecular formula is C26H24F3N5O2. The lowest BCUT2D eigenvalue weighted by molar-refractivity contribution is -0.137. The van der Waals surface area contributed by atoms with Crippen molar-refractivity contribution in [3.8, 4) is 28.1 Å². The number of pyridine rings is 2. The first-order valence-electron chi connectivity index (χ1n) is 11.0. The molecule has 0 aliphatic carbocycles. The standard InChI is InChI=1S/C26H24F3N5O2/c1-34(2)8-4-5-23(35)33-20-10-17(9-19(12-20)26(27,28)29)18-11-21-22(15-32-25(21)31-14-18)16-6-7-24(36-3)30-13-16/h4-7,9-15H,8H2,1-3H3,(H,31,32)(H,33,35). The van der Waals surface area contributed by atoms with Crippen LogP contribution in [0.5, 0.6) is 5.88 Å². The number of benzene rings is 1. The number of rotatable bonds is 7. The largest absolute Gasteiger partial charge is 0.481 e. The van der Waals surface area contributed by atoms with E-state index in [1.165, 1.54) is 25.4 Å². The van der Waals surface area contributed by atoms with Crippen molar-refractivity contribution in [2.24, 2.45) is 0 Å². The Labute approximate surface area is 205 Å². The summed E-state index contributed by atoms with van der Waals surface area (Å²) in [4.78, 5) is 25.8. The second kappa shape index (κ2) is 10.2. The lowest BCUT2D eigenvalue weighted by Crippen LogP contribution is -2.13. The molecule has 0 atom stereocenters. The predicted octanol–water partition coefficient (Wildman–Crippen LogP) is 5.38. The van der Waals surface area contributed by atoms with Gasteiger partial charge >= 0.3 is 6.18 Å². The second-order valence-electron chi connectivity index (χ2n) is 8.36. The number of aromatic nitrogens is 3. The number of nitrogens with one attached hydrogen (secondary N) is 2. The van der Waals surface area contributed by atoms with Crippen LogP contribution in [-0.2, 0) is 11.0 Å². The molecule has 0 unspecified atom stereocenters. The molecule has 0 fully saturated rings. The van der Waals surface area contributed by atoms with Gasteiger partial charge in [0.25, 0.3) is 0 Å². The number of hydrogen-bond acceptors (Lipinski definition) is 5. The van der Waals surface area contributed by atoms with Crippen LogP contribution in [0.3, 0.4) is 0 Å². The number of fused-ring (bicyclic) bond motifs is 1. The minimum atomic E-state index is -4.60. The molecule has 2 N–H and O–H groups in total. The zero-order valence-electron chi connectivity index (χ0n) is 19.8. The maximum Gasteiger partial charge on any atom is 0.416 e. The number of halogens is 3. The highest BCUT2D eigenvalue weighted by Crippen LogP contribution is 2.36. The SMILES string of the molecule is COc1ccc(-c2c[nH]c3ncc(-c4cc(NC(=O)C=CCN(C)C)cc(C(F)(F)F)c4)cc23)cn1. The number of alkyl halides is 3. The molecule has 1 aromatic carbocycles. The van der Waals surface area contributed by atoms with E-state index >= 15 is 0 Å². The molecule has 1 amide bonds. The summed E-state index contributed by atoms with van der Waals surface area (Å²) in [6.07, 6.45) is 3.24. The topological polar surface area (TPSA) is 83.1 Å². The molecule has 10 heteroatoms. The monoisotopic (exact) mass is 495 g/mol. The molecule has 3 aromatic heterocycles. The number of likely N-dealkylation sites (N-methyl/N-ethyl adjacent to an activating group) is 1. The van der Waals surface area contributed by atoms with Gasteiger partial charge in [-0.25, -0.2) is 9.97 Å². The first-order chi connectivity index (χ1) is 17.1. The number of nitrogens with zero attached hydrogens (tertiary/aromatic N) is 3. The molecule has 0 saturated heterocycles. The van der Waals surface area contributed by atoms with Crippen LogP contribution in [0.1, 0.15) is 5.56 Å². The molecule has 4 aromatic rings. The Morgan fingerprint density at radius 2 is 1.86 bits per heavy atom. The number of carbonyl (C=O) groups is 1. The Morgan fingerprint density at radius 3 is 2.53 bits per heavy atom. The molecule has 4 rings (SSSR count). The van der Waals surface area contributed by atoms with Crippen molar-refractivity contribution in [1.29, 1.82) is 0 Å². The Hall–Kier alpha value is -4.18. The van der Waals surface area contributed by atoms with Crippen molar-refractivity contribution < 1.29 is 22.7 Å². The number of methoxy groups -OCH3 is 1. The minimum Gasteiger partial charge on any atom is -0.481 e. The number of hydrogen-bond donors (Lipinski definition) is 2. The van der Waals surface area contributed by atoms with Crippen LogP contribution in [0.15, 0.2) is 67.1 Å². The van der Waals surface area contributed by atoms with Crippen LogP contribution in [0, 0.1) is 0 Å². The summed E-state index contributed by atoms with van der Waals surface area (Å²) in [6, 6.07) is 8.77. The van der Waals surface area contributed by atoms with Crippen LogP contribution in [0.4, 0.5) is 18.9 Å². The Balaban J connectivity index is 1.73. The van der Waals surface area contributed by atoms with Crippen LogP contribution in [0.2, 0.25) is 0 Å². The van der Waals surface area contributed by atoms with Gasteiger partial charge in [0.2, 0.25) is 11.8 Å². The van der Waals surface area contributed by atoms with Crippen LogP contribution in [-0.4, -0.2) is 53.5 Å². The maximum absolute atomic E-state index is 13.7. The first-order valence-corrected chi connectivity index (χ1v) is 11.0. The van der Waals surface area contributed by atoms with Gasteiger partial charge in [0.15, 0.2) is 0 Å². The van der Waals surface area contributed by atoms with E-state index in [0.29, 0.717) is 29.0 Å². The van der Waals surface area contributed by atoms with Crippen LogP contribution < -0.4 is 10.1 Å². The molecule has 0 bridgehead atoms.